The molecule has 164 valence electrons. The van der Waals surface area contributed by atoms with E-state index in [-0.39, 0.29) is 0 Å². The summed E-state index contributed by atoms with van der Waals surface area (Å²) in [5.41, 5.74) is 1.89. The van der Waals surface area contributed by atoms with Crippen LogP contribution in [0, 0.1) is 11.3 Å². The predicted molar refractivity (Wildman–Crippen MR) is 126 cm³/mol. The lowest BCUT2D eigenvalue weighted by Gasteiger charge is -2.15. The lowest BCUT2D eigenvalue weighted by molar-refractivity contribution is 0.323. The van der Waals surface area contributed by atoms with Crippen molar-refractivity contribution in [2.45, 2.75) is 6.54 Å². The Labute approximate surface area is 195 Å². The molecule has 0 bridgehead atoms. The number of benzene rings is 2. The van der Waals surface area contributed by atoms with E-state index >= 15 is 0 Å². The van der Waals surface area contributed by atoms with E-state index in [9.17, 15) is 5.26 Å². The van der Waals surface area contributed by atoms with Gasteiger partial charge in [-0.3, -0.25) is 0 Å². The fraction of sp³-hybridized carbons (Fsp3) is 0.273. The van der Waals surface area contributed by atoms with E-state index in [1.807, 2.05) is 18.2 Å². The van der Waals surface area contributed by atoms with Gasteiger partial charge in [-0.1, -0.05) is 12.2 Å². The molecule has 2 rings (SSSR count). The number of hydrogen-bond donors (Lipinski definition) is 1. The van der Waals surface area contributed by atoms with Crippen LogP contribution in [0.4, 0.5) is 0 Å². The Bertz CT molecular complexity index is 1010. The Morgan fingerprint density at radius 1 is 0.935 bits per heavy atom. The Hall–Kier alpha value is -2.96. The molecule has 0 aliphatic carbocycles. The van der Waals surface area contributed by atoms with Gasteiger partial charge in [-0.2, -0.15) is 5.26 Å². The van der Waals surface area contributed by atoms with Gasteiger partial charge >= 0.3 is 0 Å². The van der Waals surface area contributed by atoms with Gasteiger partial charge in [0.25, 0.3) is 0 Å². The van der Waals surface area contributed by atoms with Gasteiger partial charge in [0.15, 0.2) is 23.0 Å². The topological polar surface area (TPSA) is 82.0 Å². The molecule has 0 atom stereocenters. The zero-order valence-electron chi connectivity index (χ0n) is 17.9. The maximum absolute atomic E-state index is 9.61. The standard InChI is InChI=1S/C22H23BrN2O5S/c1-26-17-8-13(7-16(23)20(17)29-4)6-15(11-24)22(31)25-12-14-9-18(27-2)21(30-5)19(10-14)28-3/h6-10H,12H2,1-5H3,(H,25,31)/b15-6+. The number of rotatable bonds is 9. The monoisotopic (exact) mass is 506 g/mol. The van der Waals surface area contributed by atoms with Crippen molar-refractivity contribution in [3.8, 4) is 34.8 Å². The summed E-state index contributed by atoms with van der Waals surface area (Å²) in [6.45, 7) is 0.365. The van der Waals surface area contributed by atoms with Gasteiger partial charge in [0.2, 0.25) is 5.75 Å². The third-order valence-corrected chi connectivity index (χ3v) is 5.26. The maximum Gasteiger partial charge on any atom is 0.203 e. The van der Waals surface area contributed by atoms with Crippen molar-refractivity contribution in [1.29, 1.82) is 5.26 Å². The van der Waals surface area contributed by atoms with Crippen LogP contribution in [-0.4, -0.2) is 40.5 Å². The number of nitrogens with zero attached hydrogens (tertiary/aromatic N) is 1. The van der Waals surface area contributed by atoms with E-state index in [0.29, 0.717) is 50.3 Å². The number of hydrogen-bond acceptors (Lipinski definition) is 7. The van der Waals surface area contributed by atoms with E-state index in [2.05, 4.69) is 27.3 Å². The van der Waals surface area contributed by atoms with Gasteiger partial charge in [0.1, 0.15) is 11.1 Å². The number of thiocarbonyl (C=S) groups is 1. The highest BCUT2D eigenvalue weighted by Crippen LogP contribution is 2.38. The van der Waals surface area contributed by atoms with Crippen LogP contribution >= 0.6 is 28.1 Å². The third-order valence-electron chi connectivity index (χ3n) is 4.31. The average molecular weight is 507 g/mol. The largest absolute Gasteiger partial charge is 0.493 e. The average Bonchev–Trinajstić information content (AvgIpc) is 2.79. The molecule has 0 radical (unpaired) electrons. The van der Waals surface area contributed by atoms with E-state index in [1.54, 1.807) is 47.7 Å². The van der Waals surface area contributed by atoms with Crippen molar-refractivity contribution >= 4 is 39.2 Å². The first-order valence-electron chi connectivity index (χ1n) is 9.02. The summed E-state index contributed by atoms with van der Waals surface area (Å²) in [7, 11) is 7.76. The predicted octanol–water partition coefficient (Wildman–Crippen LogP) is 4.52. The number of nitriles is 1. The molecule has 31 heavy (non-hydrogen) atoms. The Balaban J connectivity index is 2.25. The molecule has 0 aliphatic heterocycles. The summed E-state index contributed by atoms with van der Waals surface area (Å²) < 4.78 is 27.4. The zero-order valence-corrected chi connectivity index (χ0v) is 20.3. The van der Waals surface area contributed by atoms with E-state index < -0.39 is 0 Å². The maximum atomic E-state index is 9.61. The van der Waals surface area contributed by atoms with Crippen LogP contribution in [0.5, 0.6) is 28.7 Å². The van der Waals surface area contributed by atoms with Crippen molar-refractivity contribution in [2.24, 2.45) is 0 Å². The van der Waals surface area contributed by atoms with Crippen LogP contribution in [0.1, 0.15) is 11.1 Å². The van der Waals surface area contributed by atoms with Crippen LogP contribution in [-0.2, 0) is 6.54 Å². The first-order chi connectivity index (χ1) is 14.9. The quantitative estimate of drug-likeness (QED) is 0.302. The fourth-order valence-corrected chi connectivity index (χ4v) is 3.65. The summed E-state index contributed by atoms with van der Waals surface area (Å²) in [5.74, 6) is 2.69. The van der Waals surface area contributed by atoms with Gasteiger partial charge in [-0.15, -0.1) is 0 Å². The summed E-state index contributed by atoms with van der Waals surface area (Å²) >= 11 is 8.88. The molecule has 9 heteroatoms. The van der Waals surface area contributed by atoms with Crippen LogP contribution in [0.2, 0.25) is 0 Å². The molecule has 0 saturated carbocycles. The van der Waals surface area contributed by atoms with Gasteiger partial charge in [-0.05, 0) is 57.4 Å². The highest BCUT2D eigenvalue weighted by atomic mass is 79.9. The highest BCUT2D eigenvalue weighted by molar-refractivity contribution is 9.10. The van der Waals surface area contributed by atoms with Crippen molar-refractivity contribution in [2.75, 3.05) is 35.5 Å². The van der Waals surface area contributed by atoms with Gasteiger partial charge < -0.3 is 29.0 Å². The number of halogens is 1. The fourth-order valence-electron chi connectivity index (χ4n) is 2.85. The molecule has 0 spiro atoms. The lowest BCUT2D eigenvalue weighted by Crippen LogP contribution is -2.22. The molecule has 0 heterocycles. The molecule has 0 amide bonds. The Kier molecular flexibility index (Phi) is 8.97. The Morgan fingerprint density at radius 2 is 1.48 bits per heavy atom. The molecule has 2 aromatic rings. The number of methoxy groups -OCH3 is 5. The van der Waals surface area contributed by atoms with E-state index in [4.69, 9.17) is 35.9 Å². The van der Waals surface area contributed by atoms with E-state index in [0.717, 1.165) is 11.1 Å². The second kappa shape index (κ2) is 11.4. The first-order valence-corrected chi connectivity index (χ1v) is 10.2. The second-order valence-electron chi connectivity index (χ2n) is 6.12. The first kappa shape index (κ1) is 24.3. The number of nitrogens with one attached hydrogen (secondary N) is 1. The van der Waals surface area contributed by atoms with Crippen LogP contribution in [0.25, 0.3) is 6.08 Å². The van der Waals surface area contributed by atoms with Gasteiger partial charge in [-0.25, -0.2) is 0 Å². The minimum atomic E-state index is 0.307. The molecular formula is C22H23BrN2O5S. The molecule has 2 aromatic carbocycles. The number of ether oxygens (including phenoxy) is 5. The van der Waals surface area contributed by atoms with Crippen molar-refractivity contribution in [3.63, 3.8) is 0 Å². The van der Waals surface area contributed by atoms with Crippen molar-refractivity contribution in [1.82, 2.24) is 5.32 Å². The summed E-state index contributed by atoms with van der Waals surface area (Å²) in [4.78, 5) is 0.308. The van der Waals surface area contributed by atoms with Crippen LogP contribution < -0.4 is 29.0 Å². The molecule has 0 aliphatic rings. The molecular weight excluding hydrogens is 484 g/mol. The summed E-state index contributed by atoms with van der Waals surface area (Å²) in [5, 5.41) is 12.7. The van der Waals surface area contributed by atoms with Crippen LogP contribution in [0.15, 0.2) is 34.3 Å². The summed E-state index contributed by atoms with van der Waals surface area (Å²) in [6, 6.07) is 9.36. The Morgan fingerprint density at radius 3 is 1.97 bits per heavy atom. The minimum Gasteiger partial charge on any atom is -0.493 e. The summed E-state index contributed by atoms with van der Waals surface area (Å²) in [6.07, 6.45) is 1.68. The molecule has 7 nitrogen and oxygen atoms in total. The second-order valence-corrected chi connectivity index (χ2v) is 7.39. The molecule has 0 unspecified atom stereocenters. The zero-order chi connectivity index (χ0) is 23.0. The molecule has 0 aromatic heterocycles. The van der Waals surface area contributed by atoms with Crippen molar-refractivity contribution in [3.05, 3.63) is 45.4 Å². The minimum absolute atomic E-state index is 0.307. The smallest absolute Gasteiger partial charge is 0.203 e. The SMILES string of the molecule is COc1cc(/C=C(\C#N)C(=S)NCc2cc(OC)c(OC)c(OC)c2)cc(Br)c1OC. The van der Waals surface area contributed by atoms with Crippen molar-refractivity contribution < 1.29 is 23.7 Å². The highest BCUT2D eigenvalue weighted by Gasteiger charge is 2.14. The third kappa shape index (κ3) is 5.81. The normalized spacial score (nSPS) is 10.7. The van der Waals surface area contributed by atoms with Gasteiger partial charge in [0.05, 0.1) is 45.6 Å². The van der Waals surface area contributed by atoms with Crippen LogP contribution in [0.3, 0.4) is 0 Å². The van der Waals surface area contributed by atoms with E-state index in [1.165, 1.54) is 0 Å². The molecule has 0 saturated heterocycles. The van der Waals surface area contributed by atoms with Gasteiger partial charge in [0, 0.05) is 6.54 Å². The molecule has 0 fully saturated rings. The molecule has 1 N–H and O–H groups in total. The lowest BCUT2D eigenvalue weighted by atomic mass is 10.1.